The fourth-order valence-electron chi connectivity index (χ4n) is 2.00. The Kier molecular flexibility index (Phi) is 4.58. The molecule has 0 bridgehead atoms. The molecule has 0 aromatic rings. The predicted octanol–water partition coefficient (Wildman–Crippen LogP) is -0.280. The molecule has 0 radical (unpaired) electrons. The summed E-state index contributed by atoms with van der Waals surface area (Å²) in [7, 11) is 0. The molecule has 2 unspecified atom stereocenters. The average molecular weight is 276 g/mol. The standard InChI is InChI=1S/C10H16N2O3S2/c13-9(7-5-16-3-1-11-7)12-2-4-17-6-8(12)10(14)15/h7-8,11H,1-6H2,(H,14,15). The number of rotatable bonds is 2. The number of nitrogens with one attached hydrogen (secondary N) is 1. The van der Waals surface area contributed by atoms with E-state index in [1.807, 2.05) is 0 Å². The maximum Gasteiger partial charge on any atom is 0.327 e. The zero-order valence-electron chi connectivity index (χ0n) is 9.42. The summed E-state index contributed by atoms with van der Waals surface area (Å²) in [5.74, 6) is 2.14. The highest BCUT2D eigenvalue weighted by Gasteiger charge is 2.36. The molecule has 2 rings (SSSR count). The van der Waals surface area contributed by atoms with Crippen LogP contribution in [-0.2, 0) is 9.59 Å². The molecule has 2 heterocycles. The third-order valence-corrected chi connectivity index (χ3v) is 5.00. The predicted molar refractivity (Wildman–Crippen MR) is 69.6 cm³/mol. The Labute approximate surface area is 109 Å². The normalized spacial score (nSPS) is 30.0. The molecule has 2 atom stereocenters. The highest BCUT2D eigenvalue weighted by atomic mass is 32.2. The molecule has 96 valence electrons. The highest BCUT2D eigenvalue weighted by Crippen LogP contribution is 2.19. The van der Waals surface area contributed by atoms with E-state index in [0.717, 1.165) is 23.8 Å². The summed E-state index contributed by atoms with van der Waals surface area (Å²) in [6.45, 7) is 1.37. The lowest BCUT2D eigenvalue weighted by Crippen LogP contribution is -2.57. The van der Waals surface area contributed by atoms with Crippen LogP contribution in [0.2, 0.25) is 0 Å². The third-order valence-electron chi connectivity index (χ3n) is 2.92. The average Bonchev–Trinajstić information content (AvgIpc) is 2.39. The van der Waals surface area contributed by atoms with Crippen molar-refractivity contribution in [3.8, 4) is 0 Å². The zero-order chi connectivity index (χ0) is 12.3. The van der Waals surface area contributed by atoms with Crippen molar-refractivity contribution in [2.75, 3.05) is 36.1 Å². The van der Waals surface area contributed by atoms with E-state index >= 15 is 0 Å². The molecule has 7 heteroatoms. The van der Waals surface area contributed by atoms with Gasteiger partial charge in [-0.3, -0.25) is 4.79 Å². The molecule has 0 aromatic carbocycles. The smallest absolute Gasteiger partial charge is 0.327 e. The second kappa shape index (κ2) is 5.97. The molecule has 2 aliphatic heterocycles. The van der Waals surface area contributed by atoms with E-state index in [2.05, 4.69) is 5.32 Å². The lowest BCUT2D eigenvalue weighted by molar-refractivity contribution is -0.149. The first-order valence-corrected chi connectivity index (χ1v) is 7.93. The van der Waals surface area contributed by atoms with Crippen molar-refractivity contribution in [3.63, 3.8) is 0 Å². The van der Waals surface area contributed by atoms with Gasteiger partial charge in [0.2, 0.25) is 5.91 Å². The first kappa shape index (κ1) is 13.0. The van der Waals surface area contributed by atoms with E-state index < -0.39 is 12.0 Å². The molecular formula is C10H16N2O3S2. The quantitative estimate of drug-likeness (QED) is 0.723. The zero-order valence-corrected chi connectivity index (χ0v) is 11.1. The van der Waals surface area contributed by atoms with Gasteiger partial charge >= 0.3 is 5.97 Å². The molecule has 0 saturated carbocycles. The summed E-state index contributed by atoms with van der Waals surface area (Å²) in [4.78, 5) is 24.9. The van der Waals surface area contributed by atoms with Gasteiger partial charge in [0.25, 0.3) is 0 Å². The number of carboxylic acids is 1. The van der Waals surface area contributed by atoms with Gasteiger partial charge in [0.15, 0.2) is 0 Å². The summed E-state index contributed by atoms with van der Waals surface area (Å²) in [6, 6.07) is -0.867. The number of hydrogen-bond acceptors (Lipinski definition) is 5. The molecule has 1 amide bonds. The fraction of sp³-hybridized carbons (Fsp3) is 0.800. The first-order valence-electron chi connectivity index (χ1n) is 5.62. The van der Waals surface area contributed by atoms with Crippen LogP contribution in [0.5, 0.6) is 0 Å². The Bertz CT molecular complexity index is 308. The number of thioether (sulfide) groups is 2. The van der Waals surface area contributed by atoms with Crippen molar-refractivity contribution in [3.05, 3.63) is 0 Å². The summed E-state index contributed by atoms with van der Waals surface area (Å²) in [5.41, 5.74) is 0. The Balaban J connectivity index is 2.02. The Morgan fingerprint density at radius 3 is 2.65 bits per heavy atom. The lowest BCUT2D eigenvalue weighted by atomic mass is 10.2. The summed E-state index contributed by atoms with van der Waals surface area (Å²) in [5, 5.41) is 12.3. The van der Waals surface area contributed by atoms with Crippen molar-refractivity contribution in [2.45, 2.75) is 12.1 Å². The van der Waals surface area contributed by atoms with E-state index in [1.54, 1.807) is 23.5 Å². The minimum atomic E-state index is -0.894. The lowest BCUT2D eigenvalue weighted by Gasteiger charge is -2.36. The third kappa shape index (κ3) is 3.08. The fourth-order valence-corrected chi connectivity index (χ4v) is 3.96. The maximum atomic E-state index is 12.2. The van der Waals surface area contributed by atoms with Crippen LogP contribution < -0.4 is 5.32 Å². The molecule has 0 spiro atoms. The second-order valence-electron chi connectivity index (χ2n) is 4.04. The Hall–Kier alpha value is -0.400. The molecular weight excluding hydrogens is 260 g/mol. The minimum absolute atomic E-state index is 0.0510. The number of carbonyl (C=O) groups excluding carboxylic acids is 1. The second-order valence-corrected chi connectivity index (χ2v) is 6.34. The number of carboxylic acid groups (broad SMARTS) is 1. The van der Waals surface area contributed by atoms with Crippen molar-refractivity contribution < 1.29 is 14.7 Å². The monoisotopic (exact) mass is 276 g/mol. The van der Waals surface area contributed by atoms with Gasteiger partial charge in [-0.15, -0.1) is 0 Å². The number of aliphatic carboxylic acids is 1. The largest absolute Gasteiger partial charge is 0.480 e. The van der Waals surface area contributed by atoms with Crippen LogP contribution >= 0.6 is 23.5 Å². The van der Waals surface area contributed by atoms with Gasteiger partial charge in [0, 0.05) is 36.1 Å². The van der Waals surface area contributed by atoms with Gasteiger partial charge < -0.3 is 15.3 Å². The van der Waals surface area contributed by atoms with Crippen LogP contribution in [0.3, 0.4) is 0 Å². The van der Waals surface area contributed by atoms with Gasteiger partial charge in [-0.2, -0.15) is 23.5 Å². The van der Waals surface area contributed by atoms with Crippen LogP contribution in [0.15, 0.2) is 0 Å². The molecule has 0 aromatic heterocycles. The maximum absolute atomic E-state index is 12.2. The van der Waals surface area contributed by atoms with Gasteiger partial charge in [-0.25, -0.2) is 4.79 Å². The number of hydrogen-bond donors (Lipinski definition) is 2. The van der Waals surface area contributed by atoms with Crippen LogP contribution in [0.25, 0.3) is 0 Å². The van der Waals surface area contributed by atoms with E-state index in [1.165, 1.54) is 4.90 Å². The molecule has 2 saturated heterocycles. The van der Waals surface area contributed by atoms with Crippen LogP contribution in [-0.4, -0.2) is 70.1 Å². The van der Waals surface area contributed by atoms with E-state index in [4.69, 9.17) is 5.11 Å². The first-order chi connectivity index (χ1) is 8.20. The summed E-state index contributed by atoms with van der Waals surface area (Å²) < 4.78 is 0. The molecule has 2 aliphatic rings. The van der Waals surface area contributed by atoms with E-state index in [0.29, 0.717) is 12.3 Å². The van der Waals surface area contributed by atoms with E-state index in [-0.39, 0.29) is 11.9 Å². The van der Waals surface area contributed by atoms with Gasteiger partial charge in [-0.05, 0) is 0 Å². The summed E-state index contributed by atoms with van der Waals surface area (Å²) >= 11 is 3.34. The van der Waals surface area contributed by atoms with Gasteiger partial charge in [0.05, 0.1) is 6.04 Å². The molecule has 5 nitrogen and oxygen atoms in total. The molecule has 17 heavy (non-hydrogen) atoms. The van der Waals surface area contributed by atoms with Crippen LogP contribution in [0, 0.1) is 0 Å². The Morgan fingerprint density at radius 2 is 2.00 bits per heavy atom. The Morgan fingerprint density at radius 1 is 1.24 bits per heavy atom. The number of carbonyl (C=O) groups is 2. The van der Waals surface area contributed by atoms with Crippen molar-refractivity contribution in [1.82, 2.24) is 10.2 Å². The topological polar surface area (TPSA) is 69.6 Å². The van der Waals surface area contributed by atoms with Crippen molar-refractivity contribution in [2.24, 2.45) is 0 Å². The number of nitrogens with zero attached hydrogens (tertiary/aromatic N) is 1. The van der Waals surface area contributed by atoms with Crippen LogP contribution in [0.1, 0.15) is 0 Å². The van der Waals surface area contributed by atoms with Crippen molar-refractivity contribution >= 4 is 35.4 Å². The van der Waals surface area contributed by atoms with Crippen LogP contribution in [0.4, 0.5) is 0 Å². The van der Waals surface area contributed by atoms with Crippen molar-refractivity contribution in [1.29, 1.82) is 0 Å². The molecule has 2 N–H and O–H groups in total. The molecule has 0 aliphatic carbocycles. The van der Waals surface area contributed by atoms with Gasteiger partial charge in [0.1, 0.15) is 6.04 Å². The SMILES string of the molecule is O=C(O)C1CSCCN1C(=O)C1CSCCN1. The van der Waals surface area contributed by atoms with Gasteiger partial charge in [-0.1, -0.05) is 0 Å². The highest BCUT2D eigenvalue weighted by molar-refractivity contribution is 7.99. The molecule has 2 fully saturated rings. The number of amides is 1. The summed E-state index contributed by atoms with van der Waals surface area (Å²) in [6.07, 6.45) is 0. The van der Waals surface area contributed by atoms with E-state index in [9.17, 15) is 9.59 Å². The minimum Gasteiger partial charge on any atom is -0.480 e.